The van der Waals surface area contributed by atoms with E-state index < -0.39 is 30.6 Å². The molecule has 0 bridgehead atoms. The van der Waals surface area contributed by atoms with Crippen LogP contribution >= 0.6 is 0 Å². The molecule has 1 rings (SSSR count). The standard InChI is InChI=1S/C10H16F3N3O2/c1-16(8(18)9(5-14)2-3-9)4-7(17)15-6-10(11,12)13/h2-6,14H2,1H3,(H,15,17). The van der Waals surface area contributed by atoms with Crippen LogP contribution in [0.15, 0.2) is 0 Å². The summed E-state index contributed by atoms with van der Waals surface area (Å²) in [5, 5.41) is 1.71. The van der Waals surface area contributed by atoms with Crippen LogP contribution in [0.4, 0.5) is 13.2 Å². The van der Waals surface area contributed by atoms with E-state index in [0.717, 1.165) is 4.90 Å². The molecule has 0 saturated heterocycles. The van der Waals surface area contributed by atoms with Crippen molar-refractivity contribution in [3.05, 3.63) is 0 Å². The molecule has 1 aliphatic carbocycles. The van der Waals surface area contributed by atoms with Crippen LogP contribution in [0.5, 0.6) is 0 Å². The van der Waals surface area contributed by atoms with Gasteiger partial charge in [0.1, 0.15) is 6.54 Å². The second kappa shape index (κ2) is 5.13. The van der Waals surface area contributed by atoms with E-state index in [1.54, 1.807) is 5.32 Å². The second-order valence-electron chi connectivity index (χ2n) is 4.54. The summed E-state index contributed by atoms with van der Waals surface area (Å²) < 4.78 is 35.6. The zero-order valence-electron chi connectivity index (χ0n) is 10.0. The van der Waals surface area contributed by atoms with Crippen molar-refractivity contribution in [1.29, 1.82) is 0 Å². The number of nitrogens with one attached hydrogen (secondary N) is 1. The Morgan fingerprint density at radius 2 is 1.94 bits per heavy atom. The zero-order valence-corrected chi connectivity index (χ0v) is 10.0. The number of halogens is 3. The third kappa shape index (κ3) is 3.86. The Kier molecular flexibility index (Phi) is 4.20. The zero-order chi connectivity index (χ0) is 14.0. The second-order valence-corrected chi connectivity index (χ2v) is 4.54. The van der Waals surface area contributed by atoms with Crippen LogP contribution < -0.4 is 11.1 Å². The monoisotopic (exact) mass is 267 g/mol. The van der Waals surface area contributed by atoms with Gasteiger partial charge in [0.15, 0.2) is 0 Å². The highest BCUT2D eigenvalue weighted by Crippen LogP contribution is 2.45. The molecule has 0 aromatic carbocycles. The quantitative estimate of drug-likeness (QED) is 0.728. The molecular weight excluding hydrogens is 251 g/mol. The summed E-state index contributed by atoms with van der Waals surface area (Å²) in [7, 11) is 1.38. The van der Waals surface area contributed by atoms with Crippen molar-refractivity contribution in [1.82, 2.24) is 10.2 Å². The largest absolute Gasteiger partial charge is 0.405 e. The fourth-order valence-electron chi connectivity index (χ4n) is 1.60. The third-order valence-corrected chi connectivity index (χ3v) is 2.91. The lowest BCUT2D eigenvalue weighted by molar-refractivity contribution is -0.143. The lowest BCUT2D eigenvalue weighted by Gasteiger charge is -2.22. The highest BCUT2D eigenvalue weighted by atomic mass is 19.4. The summed E-state index contributed by atoms with van der Waals surface area (Å²) in [4.78, 5) is 24.2. The molecule has 0 radical (unpaired) electrons. The molecule has 2 amide bonds. The fourth-order valence-corrected chi connectivity index (χ4v) is 1.60. The van der Waals surface area contributed by atoms with Crippen molar-refractivity contribution < 1.29 is 22.8 Å². The maximum Gasteiger partial charge on any atom is 0.405 e. The number of nitrogens with zero attached hydrogens (tertiary/aromatic N) is 1. The van der Waals surface area contributed by atoms with Gasteiger partial charge in [0.25, 0.3) is 0 Å². The molecular formula is C10H16F3N3O2. The van der Waals surface area contributed by atoms with Crippen molar-refractivity contribution in [3.63, 3.8) is 0 Å². The van der Waals surface area contributed by atoms with E-state index in [9.17, 15) is 22.8 Å². The minimum atomic E-state index is -4.45. The van der Waals surface area contributed by atoms with Gasteiger partial charge in [-0.25, -0.2) is 0 Å². The number of amides is 2. The maximum absolute atomic E-state index is 11.9. The summed E-state index contributed by atoms with van der Waals surface area (Å²) in [6.45, 7) is -1.59. The molecule has 3 N–H and O–H groups in total. The molecule has 18 heavy (non-hydrogen) atoms. The van der Waals surface area contributed by atoms with E-state index >= 15 is 0 Å². The highest BCUT2D eigenvalue weighted by Gasteiger charge is 2.50. The number of hydrogen-bond acceptors (Lipinski definition) is 3. The summed E-state index contributed by atoms with van der Waals surface area (Å²) in [5.41, 5.74) is 4.86. The summed E-state index contributed by atoms with van der Waals surface area (Å²) in [6, 6.07) is 0. The van der Waals surface area contributed by atoms with Gasteiger partial charge in [0.2, 0.25) is 11.8 Å². The number of nitrogens with two attached hydrogens (primary N) is 1. The van der Waals surface area contributed by atoms with Crippen molar-refractivity contribution in [2.75, 3.05) is 26.7 Å². The van der Waals surface area contributed by atoms with E-state index in [4.69, 9.17) is 5.73 Å². The van der Waals surface area contributed by atoms with Crippen LogP contribution in [0.3, 0.4) is 0 Å². The van der Waals surface area contributed by atoms with Crippen molar-refractivity contribution >= 4 is 11.8 Å². The Balaban J connectivity index is 2.38. The van der Waals surface area contributed by atoms with Gasteiger partial charge in [-0.05, 0) is 12.8 Å². The number of likely N-dealkylation sites (N-methyl/N-ethyl adjacent to an activating group) is 1. The van der Waals surface area contributed by atoms with Crippen molar-refractivity contribution in [3.8, 4) is 0 Å². The molecule has 5 nitrogen and oxygen atoms in total. The van der Waals surface area contributed by atoms with Gasteiger partial charge in [-0.2, -0.15) is 13.2 Å². The predicted octanol–water partition coefficient (Wildman–Crippen LogP) is -0.138. The van der Waals surface area contributed by atoms with Crippen LogP contribution in [0, 0.1) is 5.41 Å². The Morgan fingerprint density at radius 3 is 2.33 bits per heavy atom. The Morgan fingerprint density at radius 1 is 1.39 bits per heavy atom. The Labute approximate surface area is 102 Å². The number of alkyl halides is 3. The SMILES string of the molecule is CN(CC(=O)NCC(F)(F)F)C(=O)C1(CN)CC1. The molecule has 0 unspecified atom stereocenters. The van der Waals surface area contributed by atoms with Crippen molar-refractivity contribution in [2.45, 2.75) is 19.0 Å². The molecule has 1 aliphatic rings. The van der Waals surface area contributed by atoms with Crippen molar-refractivity contribution in [2.24, 2.45) is 11.1 Å². The molecule has 8 heteroatoms. The van der Waals surface area contributed by atoms with Gasteiger partial charge < -0.3 is 16.0 Å². The number of carbonyl (C=O) groups excluding carboxylic acids is 2. The smallest absolute Gasteiger partial charge is 0.345 e. The minimum Gasteiger partial charge on any atom is -0.345 e. The van der Waals surface area contributed by atoms with Gasteiger partial charge in [-0.3, -0.25) is 9.59 Å². The van der Waals surface area contributed by atoms with Crippen LogP contribution in [-0.2, 0) is 9.59 Å². The Hall–Kier alpha value is -1.31. The number of rotatable bonds is 5. The highest BCUT2D eigenvalue weighted by molar-refractivity contribution is 5.89. The average Bonchev–Trinajstić information content (AvgIpc) is 3.05. The molecule has 0 aliphatic heterocycles. The number of hydrogen-bond donors (Lipinski definition) is 2. The first-order chi connectivity index (χ1) is 8.20. The summed E-state index contributed by atoms with van der Waals surface area (Å²) >= 11 is 0. The predicted molar refractivity (Wildman–Crippen MR) is 57.4 cm³/mol. The van der Waals surface area contributed by atoms with E-state index in [1.165, 1.54) is 7.05 Å². The van der Waals surface area contributed by atoms with Crippen LogP contribution in [0.2, 0.25) is 0 Å². The van der Waals surface area contributed by atoms with E-state index in [-0.39, 0.29) is 12.5 Å². The van der Waals surface area contributed by atoms with E-state index in [1.807, 2.05) is 0 Å². The fraction of sp³-hybridized carbons (Fsp3) is 0.800. The molecule has 0 spiro atoms. The molecule has 0 atom stereocenters. The average molecular weight is 267 g/mol. The molecule has 0 aromatic heterocycles. The van der Waals surface area contributed by atoms with E-state index in [2.05, 4.69) is 0 Å². The maximum atomic E-state index is 11.9. The van der Waals surface area contributed by atoms with Gasteiger partial charge >= 0.3 is 6.18 Å². The van der Waals surface area contributed by atoms with Gasteiger partial charge in [-0.1, -0.05) is 0 Å². The first kappa shape index (κ1) is 14.7. The molecule has 0 aromatic rings. The van der Waals surface area contributed by atoms with Crippen LogP contribution in [-0.4, -0.2) is 49.6 Å². The minimum absolute atomic E-state index is 0.195. The molecule has 1 fully saturated rings. The lowest BCUT2D eigenvalue weighted by atomic mass is 10.1. The summed E-state index contributed by atoms with van der Waals surface area (Å²) in [5.74, 6) is -1.12. The van der Waals surface area contributed by atoms with Gasteiger partial charge in [0, 0.05) is 13.6 Å². The first-order valence-corrected chi connectivity index (χ1v) is 5.49. The topological polar surface area (TPSA) is 75.4 Å². The van der Waals surface area contributed by atoms with E-state index in [0.29, 0.717) is 12.8 Å². The van der Waals surface area contributed by atoms with Gasteiger partial charge in [-0.15, -0.1) is 0 Å². The normalized spacial score (nSPS) is 17.2. The summed E-state index contributed by atoms with van der Waals surface area (Å²) in [6.07, 6.45) is -3.12. The first-order valence-electron chi connectivity index (χ1n) is 5.49. The molecule has 0 heterocycles. The Bertz CT molecular complexity index is 340. The number of carbonyl (C=O) groups is 2. The molecule has 104 valence electrons. The molecule has 1 saturated carbocycles. The van der Waals surface area contributed by atoms with Crippen LogP contribution in [0.1, 0.15) is 12.8 Å². The lowest BCUT2D eigenvalue weighted by Crippen LogP contribution is -2.45. The third-order valence-electron chi connectivity index (χ3n) is 2.91. The van der Waals surface area contributed by atoms with Crippen LogP contribution in [0.25, 0.3) is 0 Å². The van der Waals surface area contributed by atoms with Gasteiger partial charge in [0.05, 0.1) is 12.0 Å².